The summed E-state index contributed by atoms with van der Waals surface area (Å²) in [7, 11) is 0. The molecule has 2 saturated heterocycles. The Kier molecular flexibility index (Phi) is 6.67. The Morgan fingerprint density at radius 2 is 1.79 bits per heavy atom. The van der Waals surface area contributed by atoms with E-state index in [0.29, 0.717) is 17.8 Å². The fourth-order valence-electron chi connectivity index (χ4n) is 4.19. The number of carbonyl (C=O) groups excluding carboxylic acids is 2. The van der Waals surface area contributed by atoms with Crippen LogP contribution in [-0.2, 0) is 9.53 Å². The Morgan fingerprint density at radius 1 is 1.03 bits per heavy atom. The molecule has 0 atom stereocenters. The minimum atomic E-state index is -0.0695. The molecule has 1 aromatic rings. The van der Waals surface area contributed by atoms with Crippen LogP contribution in [0.15, 0.2) is 18.2 Å². The van der Waals surface area contributed by atoms with Crippen LogP contribution in [0.4, 0.5) is 11.4 Å². The van der Waals surface area contributed by atoms with Crippen molar-refractivity contribution in [3.63, 3.8) is 0 Å². The first-order chi connectivity index (χ1) is 14.2. The standard InChI is InChI=1S/C22H32N4O3/c27-21(17-4-3-5-17)24-18-6-7-20(26-9-1-2-10-26)19(16-18)22(28)23-8-11-25-12-14-29-15-13-25/h6-7,16-17H,1-5,8-15H2,(H,23,28)(H,24,27). The van der Waals surface area contributed by atoms with Gasteiger partial charge >= 0.3 is 0 Å². The van der Waals surface area contributed by atoms with Crippen molar-refractivity contribution in [2.75, 3.05) is 62.7 Å². The number of benzene rings is 1. The molecular weight excluding hydrogens is 368 g/mol. The molecule has 0 bridgehead atoms. The number of anilines is 2. The first kappa shape index (κ1) is 20.2. The van der Waals surface area contributed by atoms with E-state index >= 15 is 0 Å². The number of hydrogen-bond acceptors (Lipinski definition) is 5. The SMILES string of the molecule is O=C(NCCN1CCOCC1)c1cc(NC(=O)C2CCC2)ccc1N1CCCC1. The fraction of sp³-hybridized carbons (Fsp3) is 0.636. The third kappa shape index (κ3) is 5.08. The highest BCUT2D eigenvalue weighted by atomic mass is 16.5. The van der Waals surface area contributed by atoms with E-state index in [1.165, 1.54) is 0 Å². The van der Waals surface area contributed by atoms with Gasteiger partial charge in [-0.2, -0.15) is 0 Å². The molecule has 0 aromatic heterocycles. The fourth-order valence-corrected chi connectivity index (χ4v) is 4.19. The molecule has 0 unspecified atom stereocenters. The van der Waals surface area contributed by atoms with Crippen molar-refractivity contribution in [3.8, 4) is 0 Å². The predicted molar refractivity (Wildman–Crippen MR) is 113 cm³/mol. The molecule has 2 amide bonds. The summed E-state index contributed by atoms with van der Waals surface area (Å²) in [6, 6.07) is 5.75. The lowest BCUT2D eigenvalue weighted by Gasteiger charge is -2.27. The lowest BCUT2D eigenvalue weighted by atomic mass is 9.85. The van der Waals surface area contributed by atoms with Crippen molar-refractivity contribution >= 4 is 23.2 Å². The second-order valence-electron chi connectivity index (χ2n) is 8.25. The minimum absolute atomic E-state index is 0.0695. The summed E-state index contributed by atoms with van der Waals surface area (Å²) >= 11 is 0. The van der Waals surface area contributed by atoms with Gasteiger partial charge in [0, 0.05) is 56.6 Å². The quantitative estimate of drug-likeness (QED) is 0.733. The average molecular weight is 401 g/mol. The van der Waals surface area contributed by atoms with Gasteiger partial charge in [0.05, 0.1) is 18.8 Å². The van der Waals surface area contributed by atoms with Crippen molar-refractivity contribution in [3.05, 3.63) is 23.8 Å². The summed E-state index contributed by atoms with van der Waals surface area (Å²) in [6.07, 6.45) is 5.36. The topological polar surface area (TPSA) is 73.9 Å². The molecule has 0 spiro atoms. The zero-order valence-corrected chi connectivity index (χ0v) is 17.1. The van der Waals surface area contributed by atoms with Gasteiger partial charge in [0.25, 0.3) is 5.91 Å². The first-order valence-electron chi connectivity index (χ1n) is 11.0. The van der Waals surface area contributed by atoms with Crippen molar-refractivity contribution in [1.82, 2.24) is 10.2 Å². The lowest BCUT2D eigenvalue weighted by molar-refractivity contribution is -0.122. The Morgan fingerprint density at radius 3 is 2.48 bits per heavy atom. The van der Waals surface area contributed by atoms with E-state index in [1.807, 2.05) is 18.2 Å². The molecule has 7 heteroatoms. The number of carbonyl (C=O) groups is 2. The molecule has 1 saturated carbocycles. The van der Waals surface area contributed by atoms with Crippen molar-refractivity contribution in [1.29, 1.82) is 0 Å². The van der Waals surface area contributed by atoms with Crippen molar-refractivity contribution in [2.24, 2.45) is 5.92 Å². The maximum atomic E-state index is 13.0. The number of nitrogens with zero attached hydrogens (tertiary/aromatic N) is 2. The highest BCUT2D eigenvalue weighted by Gasteiger charge is 2.26. The van der Waals surface area contributed by atoms with Crippen LogP contribution in [0.25, 0.3) is 0 Å². The monoisotopic (exact) mass is 400 g/mol. The van der Waals surface area contributed by atoms with Crippen molar-refractivity contribution < 1.29 is 14.3 Å². The molecule has 3 fully saturated rings. The van der Waals surface area contributed by atoms with Crippen molar-refractivity contribution in [2.45, 2.75) is 32.1 Å². The predicted octanol–water partition coefficient (Wildman–Crippen LogP) is 2.09. The van der Waals surface area contributed by atoms with Gasteiger partial charge in [-0.25, -0.2) is 0 Å². The summed E-state index contributed by atoms with van der Waals surface area (Å²) in [5, 5.41) is 6.08. The third-order valence-corrected chi connectivity index (χ3v) is 6.25. The number of amides is 2. The largest absolute Gasteiger partial charge is 0.379 e. The number of ether oxygens (including phenoxy) is 1. The molecule has 1 aromatic carbocycles. The van der Waals surface area contributed by atoms with Gasteiger partial charge in [0.2, 0.25) is 5.91 Å². The zero-order valence-electron chi connectivity index (χ0n) is 17.1. The molecule has 4 rings (SSSR count). The highest BCUT2D eigenvalue weighted by Crippen LogP contribution is 2.30. The molecule has 2 aliphatic heterocycles. The van der Waals surface area contributed by atoms with Gasteiger partial charge in [0.15, 0.2) is 0 Å². The van der Waals surface area contributed by atoms with E-state index in [-0.39, 0.29) is 17.7 Å². The summed E-state index contributed by atoms with van der Waals surface area (Å²) in [5.41, 5.74) is 2.33. The summed E-state index contributed by atoms with van der Waals surface area (Å²) in [5.74, 6) is 0.128. The van der Waals surface area contributed by atoms with E-state index in [0.717, 1.165) is 83.7 Å². The number of hydrogen-bond donors (Lipinski definition) is 2. The third-order valence-electron chi connectivity index (χ3n) is 6.25. The average Bonchev–Trinajstić information content (AvgIpc) is 3.22. The van der Waals surface area contributed by atoms with Gasteiger partial charge in [-0.1, -0.05) is 6.42 Å². The van der Waals surface area contributed by atoms with Crippen LogP contribution < -0.4 is 15.5 Å². The zero-order chi connectivity index (χ0) is 20.1. The summed E-state index contributed by atoms with van der Waals surface area (Å²) in [6.45, 7) is 6.73. The molecule has 2 heterocycles. The number of nitrogens with one attached hydrogen (secondary N) is 2. The second kappa shape index (κ2) is 9.59. The van der Waals surface area contributed by atoms with Gasteiger partial charge in [-0.05, 0) is 43.9 Å². The Bertz CT molecular complexity index is 723. The van der Waals surface area contributed by atoms with Crippen LogP contribution in [0.3, 0.4) is 0 Å². The van der Waals surface area contributed by atoms with Crippen LogP contribution >= 0.6 is 0 Å². The summed E-state index contributed by atoms with van der Waals surface area (Å²) in [4.78, 5) is 29.9. The van der Waals surface area contributed by atoms with Gasteiger partial charge < -0.3 is 20.3 Å². The van der Waals surface area contributed by atoms with E-state index in [4.69, 9.17) is 4.74 Å². The van der Waals surface area contributed by atoms with E-state index in [9.17, 15) is 9.59 Å². The second-order valence-corrected chi connectivity index (χ2v) is 8.25. The first-order valence-corrected chi connectivity index (χ1v) is 11.0. The van der Waals surface area contributed by atoms with Crippen LogP contribution in [0.5, 0.6) is 0 Å². The summed E-state index contributed by atoms with van der Waals surface area (Å²) < 4.78 is 5.37. The Hall–Kier alpha value is -2.12. The van der Waals surface area contributed by atoms with Gasteiger partial charge in [-0.3, -0.25) is 14.5 Å². The molecule has 7 nitrogen and oxygen atoms in total. The minimum Gasteiger partial charge on any atom is -0.379 e. The van der Waals surface area contributed by atoms with Crippen LogP contribution in [0.1, 0.15) is 42.5 Å². The molecule has 1 aliphatic carbocycles. The smallest absolute Gasteiger partial charge is 0.253 e. The van der Waals surface area contributed by atoms with Crippen LogP contribution in [0.2, 0.25) is 0 Å². The maximum Gasteiger partial charge on any atom is 0.253 e. The molecule has 2 N–H and O–H groups in total. The van der Waals surface area contributed by atoms with Gasteiger partial charge in [0.1, 0.15) is 0 Å². The highest BCUT2D eigenvalue weighted by molar-refractivity contribution is 6.02. The normalized spacial score (nSPS) is 20.3. The van der Waals surface area contributed by atoms with E-state index in [2.05, 4.69) is 20.4 Å². The Labute approximate surface area is 172 Å². The maximum absolute atomic E-state index is 13.0. The van der Waals surface area contributed by atoms with E-state index < -0.39 is 0 Å². The van der Waals surface area contributed by atoms with Gasteiger partial charge in [-0.15, -0.1) is 0 Å². The number of rotatable bonds is 7. The molecular formula is C22H32N4O3. The molecule has 0 radical (unpaired) electrons. The number of morpholine rings is 1. The van der Waals surface area contributed by atoms with Crippen LogP contribution in [0, 0.1) is 5.92 Å². The lowest BCUT2D eigenvalue weighted by Crippen LogP contribution is -2.41. The Balaban J connectivity index is 1.42. The molecule has 3 aliphatic rings. The molecule has 158 valence electrons. The van der Waals surface area contributed by atoms with Crippen LogP contribution in [-0.4, -0.2) is 69.2 Å². The van der Waals surface area contributed by atoms with E-state index in [1.54, 1.807) is 0 Å². The molecule has 29 heavy (non-hydrogen) atoms.